The monoisotopic (exact) mass is 228 g/mol. The van der Waals surface area contributed by atoms with Crippen LogP contribution in [0.4, 0.5) is 0 Å². The SMILES string of the molecule is [CH]c1cccc(-c2nc(C(=O)N(C)C)co2)c1. The minimum absolute atomic E-state index is 0.191. The lowest BCUT2D eigenvalue weighted by molar-refractivity contribution is 0.0822. The second-order valence-corrected chi connectivity index (χ2v) is 3.86. The molecular formula is C13H12N2O2. The van der Waals surface area contributed by atoms with Gasteiger partial charge in [0.25, 0.3) is 5.91 Å². The number of amides is 1. The summed E-state index contributed by atoms with van der Waals surface area (Å²) < 4.78 is 5.26. The van der Waals surface area contributed by atoms with Crippen LogP contribution in [0.15, 0.2) is 34.9 Å². The van der Waals surface area contributed by atoms with Crippen LogP contribution in [0.25, 0.3) is 11.5 Å². The Morgan fingerprint density at radius 2 is 2.18 bits per heavy atom. The molecular weight excluding hydrogens is 216 g/mol. The third-order valence-electron chi connectivity index (χ3n) is 2.26. The second kappa shape index (κ2) is 4.41. The van der Waals surface area contributed by atoms with Gasteiger partial charge < -0.3 is 9.32 Å². The molecule has 4 heteroatoms. The van der Waals surface area contributed by atoms with Gasteiger partial charge >= 0.3 is 0 Å². The normalized spacial score (nSPS) is 10.3. The van der Waals surface area contributed by atoms with E-state index < -0.39 is 0 Å². The average molecular weight is 228 g/mol. The van der Waals surface area contributed by atoms with Crippen LogP contribution in [-0.2, 0) is 0 Å². The fraction of sp³-hybridized carbons (Fsp3) is 0.154. The number of hydrogen-bond acceptors (Lipinski definition) is 3. The molecule has 17 heavy (non-hydrogen) atoms. The van der Waals surface area contributed by atoms with E-state index in [0.717, 1.165) is 5.56 Å². The molecule has 1 heterocycles. The minimum Gasteiger partial charge on any atom is -0.444 e. The van der Waals surface area contributed by atoms with Crippen molar-refractivity contribution in [1.29, 1.82) is 0 Å². The molecule has 0 fully saturated rings. The lowest BCUT2D eigenvalue weighted by atomic mass is 10.1. The molecule has 0 spiro atoms. The van der Waals surface area contributed by atoms with E-state index in [1.54, 1.807) is 26.2 Å². The fourth-order valence-corrected chi connectivity index (χ4v) is 1.41. The zero-order valence-corrected chi connectivity index (χ0v) is 9.68. The average Bonchev–Trinajstić information content (AvgIpc) is 2.77. The van der Waals surface area contributed by atoms with E-state index in [2.05, 4.69) is 4.98 Å². The lowest BCUT2D eigenvalue weighted by Crippen LogP contribution is -2.21. The van der Waals surface area contributed by atoms with Crippen LogP contribution in [-0.4, -0.2) is 29.9 Å². The van der Waals surface area contributed by atoms with E-state index in [1.807, 2.05) is 12.1 Å². The molecule has 1 aromatic heterocycles. The molecule has 0 saturated heterocycles. The Morgan fingerprint density at radius 3 is 2.82 bits per heavy atom. The van der Waals surface area contributed by atoms with E-state index in [-0.39, 0.29) is 11.6 Å². The molecule has 1 amide bonds. The topological polar surface area (TPSA) is 46.3 Å². The summed E-state index contributed by atoms with van der Waals surface area (Å²) in [6.45, 7) is 5.67. The molecule has 4 nitrogen and oxygen atoms in total. The van der Waals surface area contributed by atoms with E-state index in [9.17, 15) is 4.79 Å². The predicted molar refractivity (Wildman–Crippen MR) is 63.4 cm³/mol. The maximum atomic E-state index is 11.6. The van der Waals surface area contributed by atoms with Gasteiger partial charge in [-0.1, -0.05) is 12.1 Å². The molecule has 2 rings (SSSR count). The van der Waals surface area contributed by atoms with Crippen molar-refractivity contribution in [2.45, 2.75) is 0 Å². The molecule has 0 aliphatic carbocycles. The molecule has 1 aromatic carbocycles. The number of benzene rings is 1. The molecule has 2 aromatic rings. The number of oxazole rings is 1. The summed E-state index contributed by atoms with van der Waals surface area (Å²) in [4.78, 5) is 17.2. The number of nitrogens with zero attached hydrogens (tertiary/aromatic N) is 2. The van der Waals surface area contributed by atoms with E-state index in [4.69, 9.17) is 11.3 Å². The molecule has 2 radical (unpaired) electrons. The third kappa shape index (κ3) is 2.36. The highest BCUT2D eigenvalue weighted by Crippen LogP contribution is 2.19. The fourth-order valence-electron chi connectivity index (χ4n) is 1.41. The van der Waals surface area contributed by atoms with Gasteiger partial charge in [0.15, 0.2) is 5.69 Å². The van der Waals surface area contributed by atoms with Gasteiger partial charge in [-0.05, 0) is 24.6 Å². The first-order valence-corrected chi connectivity index (χ1v) is 5.11. The zero-order chi connectivity index (χ0) is 12.4. The molecule has 0 N–H and O–H groups in total. The Hall–Kier alpha value is -2.10. The van der Waals surface area contributed by atoms with Gasteiger partial charge in [0.2, 0.25) is 5.89 Å². The highest BCUT2D eigenvalue weighted by Gasteiger charge is 2.14. The lowest BCUT2D eigenvalue weighted by Gasteiger charge is -2.05. The number of rotatable bonds is 2. The quantitative estimate of drug-likeness (QED) is 0.790. The van der Waals surface area contributed by atoms with Gasteiger partial charge in [-0.15, -0.1) is 0 Å². The standard InChI is InChI=1S/C13H12N2O2/c1-9-5-4-6-10(7-9)12-14-11(8-17-12)13(16)15(2)3/h1,4-8H,2-3H3. The predicted octanol–water partition coefficient (Wildman–Crippen LogP) is 2.10. The largest absolute Gasteiger partial charge is 0.444 e. The maximum Gasteiger partial charge on any atom is 0.275 e. The molecule has 0 aliphatic heterocycles. The number of hydrogen-bond donors (Lipinski definition) is 0. The number of carbonyl (C=O) groups is 1. The summed E-state index contributed by atoms with van der Waals surface area (Å²) in [6.07, 6.45) is 1.35. The molecule has 0 unspecified atom stereocenters. The van der Waals surface area contributed by atoms with Crippen LogP contribution in [0.2, 0.25) is 0 Å². The first-order valence-electron chi connectivity index (χ1n) is 5.11. The van der Waals surface area contributed by atoms with Crippen molar-refractivity contribution in [2.75, 3.05) is 14.1 Å². The molecule has 0 atom stereocenters. The molecule has 0 saturated carbocycles. The molecule has 0 bridgehead atoms. The van der Waals surface area contributed by atoms with Crippen LogP contribution in [0.1, 0.15) is 16.1 Å². The summed E-state index contributed by atoms with van der Waals surface area (Å²) in [6, 6.07) is 7.16. The highest BCUT2D eigenvalue weighted by molar-refractivity contribution is 5.92. The van der Waals surface area contributed by atoms with Crippen molar-refractivity contribution in [3.63, 3.8) is 0 Å². The second-order valence-electron chi connectivity index (χ2n) is 3.86. The molecule has 0 aliphatic rings. The van der Waals surface area contributed by atoms with Crippen molar-refractivity contribution in [2.24, 2.45) is 0 Å². The van der Waals surface area contributed by atoms with Gasteiger partial charge in [0.05, 0.1) is 0 Å². The minimum atomic E-state index is -0.191. The summed E-state index contributed by atoms with van der Waals surface area (Å²) in [7, 11) is 3.33. The summed E-state index contributed by atoms with van der Waals surface area (Å²) >= 11 is 0. The summed E-state index contributed by atoms with van der Waals surface area (Å²) in [5.41, 5.74) is 1.66. The smallest absolute Gasteiger partial charge is 0.275 e. The highest BCUT2D eigenvalue weighted by atomic mass is 16.3. The van der Waals surface area contributed by atoms with Crippen molar-refractivity contribution < 1.29 is 9.21 Å². The van der Waals surface area contributed by atoms with Crippen LogP contribution in [0, 0.1) is 6.92 Å². The van der Waals surface area contributed by atoms with E-state index in [1.165, 1.54) is 11.2 Å². The van der Waals surface area contributed by atoms with Gasteiger partial charge in [-0.2, -0.15) is 0 Å². The number of carbonyl (C=O) groups excluding carboxylic acids is 1. The van der Waals surface area contributed by atoms with Crippen molar-refractivity contribution >= 4 is 5.91 Å². The van der Waals surface area contributed by atoms with Crippen molar-refractivity contribution in [1.82, 2.24) is 9.88 Å². The van der Waals surface area contributed by atoms with Crippen LogP contribution in [0.3, 0.4) is 0 Å². The first kappa shape index (κ1) is 11.4. The summed E-state index contributed by atoms with van der Waals surface area (Å²) in [5, 5.41) is 0. The van der Waals surface area contributed by atoms with Gasteiger partial charge in [0.1, 0.15) is 6.26 Å². The first-order chi connectivity index (χ1) is 8.08. The Labute approximate surface area is 99.9 Å². The Bertz CT molecular complexity index is 544. The Kier molecular flexibility index (Phi) is 2.95. The van der Waals surface area contributed by atoms with Crippen molar-refractivity contribution in [3.8, 4) is 11.5 Å². The van der Waals surface area contributed by atoms with E-state index >= 15 is 0 Å². The Morgan fingerprint density at radius 1 is 1.41 bits per heavy atom. The Balaban J connectivity index is 2.33. The van der Waals surface area contributed by atoms with Gasteiger partial charge in [-0.3, -0.25) is 4.79 Å². The summed E-state index contributed by atoms with van der Waals surface area (Å²) in [5.74, 6) is 0.200. The number of aromatic nitrogens is 1. The van der Waals surface area contributed by atoms with Crippen LogP contribution < -0.4 is 0 Å². The van der Waals surface area contributed by atoms with Crippen LogP contribution >= 0.6 is 0 Å². The maximum absolute atomic E-state index is 11.6. The molecule has 86 valence electrons. The van der Waals surface area contributed by atoms with Gasteiger partial charge in [0, 0.05) is 19.7 Å². The van der Waals surface area contributed by atoms with E-state index in [0.29, 0.717) is 11.5 Å². The van der Waals surface area contributed by atoms with Crippen molar-refractivity contribution in [3.05, 3.63) is 48.7 Å². The zero-order valence-electron chi connectivity index (χ0n) is 9.68. The van der Waals surface area contributed by atoms with Gasteiger partial charge in [-0.25, -0.2) is 4.98 Å². The third-order valence-corrected chi connectivity index (χ3v) is 2.26. The van der Waals surface area contributed by atoms with Crippen LogP contribution in [0.5, 0.6) is 0 Å².